The normalized spacial score (nSPS) is 29.7. The summed E-state index contributed by atoms with van der Waals surface area (Å²) in [7, 11) is 0. The quantitative estimate of drug-likeness (QED) is 0.742. The van der Waals surface area contributed by atoms with Crippen molar-refractivity contribution in [2.24, 2.45) is 17.6 Å². The number of carbonyl (C=O) groups is 1. The SMILES string of the molecule is CC(C)[C@H](N)C(=O)O.CC1(C)OC2C=CC1CC2. The highest BCUT2D eigenvalue weighted by atomic mass is 16.5. The molecule has 1 saturated heterocycles. The van der Waals surface area contributed by atoms with Crippen LogP contribution in [0.25, 0.3) is 0 Å². The molecule has 1 fully saturated rings. The molecule has 2 aliphatic heterocycles. The summed E-state index contributed by atoms with van der Waals surface area (Å²) in [6.07, 6.45) is 7.48. The Bertz CT molecular complexity index is 323. The summed E-state index contributed by atoms with van der Waals surface area (Å²) in [5.41, 5.74) is 5.27. The van der Waals surface area contributed by atoms with Gasteiger partial charge >= 0.3 is 5.97 Å². The Kier molecular flexibility index (Phi) is 4.93. The number of fused-ring (bicyclic) bond motifs is 2. The van der Waals surface area contributed by atoms with Gasteiger partial charge in [0.25, 0.3) is 0 Å². The Hall–Kier alpha value is -0.870. The van der Waals surface area contributed by atoms with Gasteiger partial charge in [-0.25, -0.2) is 0 Å². The van der Waals surface area contributed by atoms with Gasteiger partial charge in [-0.15, -0.1) is 0 Å². The maximum atomic E-state index is 10.0. The largest absolute Gasteiger partial charge is 0.480 e. The van der Waals surface area contributed by atoms with Crippen LogP contribution in [0, 0.1) is 11.8 Å². The van der Waals surface area contributed by atoms with E-state index < -0.39 is 12.0 Å². The van der Waals surface area contributed by atoms with Crippen LogP contribution >= 0.6 is 0 Å². The molecule has 4 nitrogen and oxygen atoms in total. The first-order valence-electron chi connectivity index (χ1n) is 6.58. The molecule has 2 heterocycles. The third-order valence-corrected chi connectivity index (χ3v) is 3.67. The zero-order valence-corrected chi connectivity index (χ0v) is 11.7. The van der Waals surface area contributed by atoms with Crippen molar-refractivity contribution in [3.05, 3.63) is 12.2 Å². The monoisotopic (exact) mass is 255 g/mol. The van der Waals surface area contributed by atoms with E-state index in [4.69, 9.17) is 15.6 Å². The standard InChI is InChI=1S/C9H14O.C5H11NO2/c1-9(2)7-3-5-8(10-9)6-4-7;1-3(2)4(6)5(7)8/h3,5,7-8H,4,6H2,1-2H3;3-4H,6H2,1-2H3,(H,7,8)/t;4-/m.0/s1. The van der Waals surface area contributed by atoms with Crippen LogP contribution in [-0.4, -0.2) is 28.8 Å². The van der Waals surface area contributed by atoms with Crippen molar-refractivity contribution < 1.29 is 14.6 Å². The fourth-order valence-corrected chi connectivity index (χ4v) is 2.23. The average Bonchev–Trinajstić information content (AvgIpc) is 2.28. The summed E-state index contributed by atoms with van der Waals surface area (Å²) in [6, 6.07) is -0.713. The Morgan fingerprint density at radius 2 is 2.00 bits per heavy atom. The van der Waals surface area contributed by atoms with Gasteiger partial charge in [-0.1, -0.05) is 26.0 Å². The summed E-state index contributed by atoms with van der Waals surface area (Å²) >= 11 is 0. The molecule has 3 atom stereocenters. The molecule has 1 aliphatic carbocycles. The van der Waals surface area contributed by atoms with Gasteiger partial charge in [0.05, 0.1) is 11.7 Å². The molecule has 0 aromatic rings. The smallest absolute Gasteiger partial charge is 0.320 e. The van der Waals surface area contributed by atoms with Gasteiger partial charge in [-0.05, 0) is 32.6 Å². The number of hydrogen-bond donors (Lipinski definition) is 2. The molecule has 0 aromatic carbocycles. The van der Waals surface area contributed by atoms with E-state index >= 15 is 0 Å². The highest BCUT2D eigenvalue weighted by Gasteiger charge is 2.38. The lowest BCUT2D eigenvalue weighted by atomic mass is 9.79. The van der Waals surface area contributed by atoms with Crippen LogP contribution in [0.5, 0.6) is 0 Å². The number of hydrogen-bond acceptors (Lipinski definition) is 3. The molecular weight excluding hydrogens is 230 g/mol. The van der Waals surface area contributed by atoms with Crippen LogP contribution in [0.1, 0.15) is 40.5 Å². The van der Waals surface area contributed by atoms with Crippen molar-refractivity contribution in [2.75, 3.05) is 0 Å². The predicted molar refractivity (Wildman–Crippen MR) is 71.3 cm³/mol. The average molecular weight is 255 g/mol. The van der Waals surface area contributed by atoms with Gasteiger partial charge in [0.2, 0.25) is 0 Å². The molecule has 3 N–H and O–H groups in total. The summed E-state index contributed by atoms with van der Waals surface area (Å²) in [5, 5.41) is 8.23. The predicted octanol–water partition coefficient (Wildman–Crippen LogP) is 2.18. The number of carboxylic acids is 1. The van der Waals surface area contributed by atoms with Crippen molar-refractivity contribution >= 4 is 5.97 Å². The lowest BCUT2D eigenvalue weighted by Crippen LogP contribution is -2.44. The fraction of sp³-hybridized carbons (Fsp3) is 0.786. The zero-order valence-electron chi connectivity index (χ0n) is 11.7. The summed E-state index contributed by atoms with van der Waals surface area (Å²) in [5.74, 6) is -0.245. The van der Waals surface area contributed by atoms with E-state index in [9.17, 15) is 4.79 Å². The number of rotatable bonds is 2. The second kappa shape index (κ2) is 5.85. The highest BCUT2D eigenvalue weighted by Crippen LogP contribution is 2.39. The minimum atomic E-state index is -0.931. The van der Waals surface area contributed by atoms with E-state index in [1.807, 2.05) is 0 Å². The summed E-state index contributed by atoms with van der Waals surface area (Å²) < 4.78 is 5.79. The Labute approximate surface area is 109 Å². The molecular formula is C14H25NO3. The van der Waals surface area contributed by atoms with Crippen LogP contribution in [0.2, 0.25) is 0 Å². The first-order valence-corrected chi connectivity index (χ1v) is 6.58. The first kappa shape index (κ1) is 15.2. The number of aliphatic carboxylic acids is 1. The molecule has 4 heteroatoms. The van der Waals surface area contributed by atoms with Crippen LogP contribution in [0.15, 0.2) is 12.2 Å². The molecule has 2 bridgehead atoms. The minimum absolute atomic E-state index is 0.0208. The van der Waals surface area contributed by atoms with Gasteiger partial charge in [0.1, 0.15) is 6.04 Å². The Morgan fingerprint density at radius 1 is 1.39 bits per heavy atom. The number of ether oxygens (including phenoxy) is 1. The van der Waals surface area contributed by atoms with Crippen LogP contribution in [-0.2, 0) is 9.53 Å². The third-order valence-electron chi connectivity index (χ3n) is 3.67. The number of nitrogens with two attached hydrogens (primary N) is 1. The Morgan fingerprint density at radius 3 is 2.11 bits per heavy atom. The molecule has 0 spiro atoms. The number of carboxylic acid groups (broad SMARTS) is 1. The molecule has 2 unspecified atom stereocenters. The third kappa shape index (κ3) is 3.82. The fourth-order valence-electron chi connectivity index (χ4n) is 2.23. The van der Waals surface area contributed by atoms with Crippen molar-refractivity contribution in [3.63, 3.8) is 0 Å². The highest BCUT2D eigenvalue weighted by molar-refractivity contribution is 5.73. The molecule has 3 rings (SSSR count). The molecule has 0 aromatic heterocycles. The maximum Gasteiger partial charge on any atom is 0.320 e. The van der Waals surface area contributed by atoms with E-state index in [0.717, 1.165) is 0 Å². The van der Waals surface area contributed by atoms with Crippen LogP contribution < -0.4 is 5.73 Å². The molecule has 0 saturated carbocycles. The van der Waals surface area contributed by atoms with Gasteiger partial charge in [-0.2, -0.15) is 0 Å². The summed E-state index contributed by atoms with van der Waals surface area (Å²) in [6.45, 7) is 7.93. The van der Waals surface area contributed by atoms with Crippen molar-refractivity contribution in [1.29, 1.82) is 0 Å². The second-order valence-corrected chi connectivity index (χ2v) is 5.94. The van der Waals surface area contributed by atoms with E-state index in [1.54, 1.807) is 13.8 Å². The van der Waals surface area contributed by atoms with Crippen LogP contribution in [0.4, 0.5) is 0 Å². The summed E-state index contributed by atoms with van der Waals surface area (Å²) in [4.78, 5) is 10.0. The molecule has 0 amide bonds. The molecule has 104 valence electrons. The van der Waals surface area contributed by atoms with Gasteiger partial charge in [-0.3, -0.25) is 4.79 Å². The topological polar surface area (TPSA) is 72.6 Å². The lowest BCUT2D eigenvalue weighted by molar-refractivity contribution is -0.139. The lowest BCUT2D eigenvalue weighted by Gasteiger charge is -2.44. The van der Waals surface area contributed by atoms with E-state index in [0.29, 0.717) is 12.0 Å². The van der Waals surface area contributed by atoms with E-state index in [1.165, 1.54) is 12.8 Å². The Balaban J connectivity index is 0.000000187. The molecule has 18 heavy (non-hydrogen) atoms. The minimum Gasteiger partial charge on any atom is -0.480 e. The van der Waals surface area contributed by atoms with Crippen molar-refractivity contribution in [3.8, 4) is 0 Å². The van der Waals surface area contributed by atoms with E-state index in [2.05, 4.69) is 26.0 Å². The van der Waals surface area contributed by atoms with Crippen molar-refractivity contribution in [2.45, 2.75) is 58.3 Å². The maximum absolute atomic E-state index is 10.0. The first-order chi connectivity index (χ1) is 8.24. The van der Waals surface area contributed by atoms with Crippen LogP contribution in [0.3, 0.4) is 0 Å². The van der Waals surface area contributed by atoms with Gasteiger partial charge in [0.15, 0.2) is 0 Å². The molecule has 3 aliphatic rings. The second-order valence-electron chi connectivity index (χ2n) is 5.94. The van der Waals surface area contributed by atoms with Gasteiger partial charge in [0, 0.05) is 5.92 Å². The van der Waals surface area contributed by atoms with Crippen molar-refractivity contribution in [1.82, 2.24) is 0 Å². The van der Waals surface area contributed by atoms with E-state index in [-0.39, 0.29) is 11.5 Å². The van der Waals surface area contributed by atoms with Gasteiger partial charge < -0.3 is 15.6 Å². The zero-order chi connectivity index (χ0) is 13.9. The molecule has 0 radical (unpaired) electrons.